The van der Waals surface area contributed by atoms with Crippen LogP contribution < -0.4 is 5.56 Å². The van der Waals surface area contributed by atoms with Crippen molar-refractivity contribution >= 4 is 5.78 Å². The van der Waals surface area contributed by atoms with Gasteiger partial charge in [0.25, 0.3) is 5.56 Å². The third-order valence-corrected chi connectivity index (χ3v) is 5.15. The molecule has 1 fully saturated rings. The fourth-order valence-electron chi connectivity index (χ4n) is 3.36. The third-order valence-electron chi connectivity index (χ3n) is 5.15. The summed E-state index contributed by atoms with van der Waals surface area (Å²) in [6.07, 6.45) is -3.09. The van der Waals surface area contributed by atoms with Gasteiger partial charge in [-0.15, -0.1) is 0 Å². The molecule has 3 rings (SSSR count). The number of alkyl halides is 3. The van der Waals surface area contributed by atoms with Gasteiger partial charge in [0, 0.05) is 18.4 Å². The first-order valence-corrected chi connectivity index (χ1v) is 9.37. The molecule has 0 amide bonds. The number of benzene rings is 1. The Balaban J connectivity index is 1.92. The summed E-state index contributed by atoms with van der Waals surface area (Å²) in [5.74, 6) is -1.70. The molecule has 1 heterocycles. The highest BCUT2D eigenvalue weighted by molar-refractivity contribution is 5.94. The van der Waals surface area contributed by atoms with Crippen molar-refractivity contribution in [2.45, 2.75) is 58.0 Å². The highest BCUT2D eigenvalue weighted by atomic mass is 19.4. The van der Waals surface area contributed by atoms with Gasteiger partial charge in [0.2, 0.25) is 0 Å². The molecule has 0 aliphatic heterocycles. The van der Waals surface area contributed by atoms with Gasteiger partial charge in [0.1, 0.15) is 17.3 Å². The molecule has 29 heavy (non-hydrogen) atoms. The van der Waals surface area contributed by atoms with Crippen molar-refractivity contribution in [3.05, 3.63) is 63.1 Å². The van der Waals surface area contributed by atoms with E-state index in [0.29, 0.717) is 17.5 Å². The number of halogens is 4. The number of nitrogens with zero attached hydrogens (tertiary/aromatic N) is 1. The maximum atomic E-state index is 14.1. The van der Waals surface area contributed by atoms with E-state index >= 15 is 0 Å². The third kappa shape index (κ3) is 4.92. The fourth-order valence-corrected chi connectivity index (χ4v) is 3.36. The van der Waals surface area contributed by atoms with Crippen molar-refractivity contribution in [2.75, 3.05) is 0 Å². The lowest BCUT2D eigenvalue weighted by Crippen LogP contribution is -2.24. The van der Waals surface area contributed by atoms with Crippen LogP contribution in [0.25, 0.3) is 0 Å². The quantitative estimate of drug-likeness (QED) is 0.544. The number of aromatic nitrogens is 2. The van der Waals surface area contributed by atoms with E-state index in [1.54, 1.807) is 0 Å². The zero-order valence-corrected chi connectivity index (χ0v) is 16.4. The normalized spacial score (nSPS) is 16.0. The largest absolute Gasteiger partial charge is 0.419 e. The van der Waals surface area contributed by atoms with Crippen molar-refractivity contribution in [1.82, 2.24) is 9.97 Å². The van der Waals surface area contributed by atoms with E-state index in [1.807, 2.05) is 20.8 Å². The topological polar surface area (TPSA) is 62.8 Å². The first-order chi connectivity index (χ1) is 13.4. The SMILES string of the molecule is CC(C)(C)[C@@H](CC(=O)c1cc(=O)[nH]c(C2CC2)n1)c1ccc(C(F)(F)F)c(F)c1. The number of nitrogens with one attached hydrogen (secondary N) is 1. The first kappa shape index (κ1) is 21.2. The maximum Gasteiger partial charge on any atom is 0.419 e. The first-order valence-electron chi connectivity index (χ1n) is 9.37. The highest BCUT2D eigenvalue weighted by Gasteiger charge is 2.36. The van der Waals surface area contributed by atoms with E-state index in [-0.39, 0.29) is 18.0 Å². The van der Waals surface area contributed by atoms with Gasteiger partial charge in [-0.3, -0.25) is 9.59 Å². The Hall–Kier alpha value is -2.51. The highest BCUT2D eigenvalue weighted by Crippen LogP contribution is 2.41. The minimum atomic E-state index is -4.79. The average Bonchev–Trinajstić information content (AvgIpc) is 3.41. The number of ketones is 1. The smallest absolute Gasteiger partial charge is 0.310 e. The number of carbonyl (C=O) groups is 1. The zero-order chi connectivity index (χ0) is 21.6. The van der Waals surface area contributed by atoms with Crippen molar-refractivity contribution in [2.24, 2.45) is 5.41 Å². The molecular weight excluding hydrogens is 388 g/mol. The number of rotatable bonds is 5. The van der Waals surface area contributed by atoms with E-state index < -0.39 is 40.2 Å². The predicted octanol–water partition coefficient (Wildman–Crippen LogP) is 5.21. The van der Waals surface area contributed by atoms with Crippen LogP contribution in [0, 0.1) is 11.2 Å². The van der Waals surface area contributed by atoms with Crippen molar-refractivity contribution < 1.29 is 22.4 Å². The molecule has 0 spiro atoms. The van der Waals surface area contributed by atoms with E-state index in [1.165, 1.54) is 6.07 Å². The van der Waals surface area contributed by atoms with Gasteiger partial charge in [-0.2, -0.15) is 13.2 Å². The summed E-state index contributed by atoms with van der Waals surface area (Å²) in [6.45, 7) is 5.46. The second kappa shape index (κ2) is 7.39. The molecule has 1 saturated carbocycles. The van der Waals surface area contributed by atoms with Gasteiger partial charge < -0.3 is 4.98 Å². The van der Waals surface area contributed by atoms with Crippen LogP contribution in [0.2, 0.25) is 0 Å². The van der Waals surface area contributed by atoms with E-state index in [9.17, 15) is 27.2 Å². The molecule has 1 N–H and O–H groups in total. The molecule has 156 valence electrons. The van der Waals surface area contributed by atoms with E-state index in [4.69, 9.17) is 0 Å². The Kier molecular flexibility index (Phi) is 5.40. The summed E-state index contributed by atoms with van der Waals surface area (Å²) in [7, 11) is 0. The fraction of sp³-hybridized carbons (Fsp3) is 0.476. The Morgan fingerprint density at radius 2 is 1.86 bits per heavy atom. The number of aromatic amines is 1. The summed E-state index contributed by atoms with van der Waals surface area (Å²) in [6, 6.07) is 3.87. The van der Waals surface area contributed by atoms with E-state index in [0.717, 1.165) is 25.0 Å². The minimum absolute atomic E-state index is 0.0253. The molecule has 1 aliphatic carbocycles. The van der Waals surface area contributed by atoms with Gasteiger partial charge in [0.15, 0.2) is 5.78 Å². The Morgan fingerprint density at radius 1 is 1.21 bits per heavy atom. The molecule has 0 saturated heterocycles. The summed E-state index contributed by atoms with van der Waals surface area (Å²) in [5, 5.41) is 0. The molecule has 0 unspecified atom stereocenters. The molecule has 1 aromatic carbocycles. The van der Waals surface area contributed by atoms with E-state index in [2.05, 4.69) is 9.97 Å². The van der Waals surface area contributed by atoms with Gasteiger partial charge >= 0.3 is 6.18 Å². The number of H-pyrrole nitrogens is 1. The molecule has 1 aromatic heterocycles. The summed E-state index contributed by atoms with van der Waals surface area (Å²) in [5.41, 5.74) is -1.98. The molecule has 1 aliphatic rings. The second-order valence-corrected chi connectivity index (χ2v) is 8.57. The number of hydrogen-bond donors (Lipinski definition) is 1. The van der Waals surface area contributed by atoms with Crippen LogP contribution in [-0.4, -0.2) is 15.8 Å². The van der Waals surface area contributed by atoms with Crippen LogP contribution >= 0.6 is 0 Å². The van der Waals surface area contributed by atoms with Crippen LogP contribution in [-0.2, 0) is 6.18 Å². The maximum absolute atomic E-state index is 14.1. The number of carbonyl (C=O) groups excluding carboxylic acids is 1. The van der Waals surface area contributed by atoms with Gasteiger partial charge in [-0.25, -0.2) is 9.37 Å². The van der Waals surface area contributed by atoms with Crippen molar-refractivity contribution in [3.8, 4) is 0 Å². The summed E-state index contributed by atoms with van der Waals surface area (Å²) < 4.78 is 52.7. The lowest BCUT2D eigenvalue weighted by atomic mass is 9.73. The van der Waals surface area contributed by atoms with Crippen LogP contribution in [0.5, 0.6) is 0 Å². The Bertz CT molecular complexity index is 985. The van der Waals surface area contributed by atoms with Gasteiger partial charge in [-0.05, 0) is 41.9 Å². The molecular formula is C21H22F4N2O2. The van der Waals surface area contributed by atoms with Crippen molar-refractivity contribution in [1.29, 1.82) is 0 Å². The molecule has 8 heteroatoms. The van der Waals surface area contributed by atoms with Crippen molar-refractivity contribution in [3.63, 3.8) is 0 Å². The number of Topliss-reactive ketones (excluding diaryl/α,β-unsaturated/α-hetero) is 1. The Morgan fingerprint density at radius 3 is 2.38 bits per heavy atom. The minimum Gasteiger partial charge on any atom is -0.310 e. The van der Waals surface area contributed by atoms with Gasteiger partial charge in [0.05, 0.1) is 5.56 Å². The Labute approximate surface area is 165 Å². The molecule has 0 radical (unpaired) electrons. The zero-order valence-electron chi connectivity index (χ0n) is 16.4. The molecule has 0 bridgehead atoms. The molecule has 4 nitrogen and oxygen atoms in total. The molecule has 2 aromatic rings. The van der Waals surface area contributed by atoms with Crippen LogP contribution in [0.4, 0.5) is 17.6 Å². The second-order valence-electron chi connectivity index (χ2n) is 8.57. The van der Waals surface area contributed by atoms with Crippen LogP contribution in [0.3, 0.4) is 0 Å². The standard InChI is InChI=1S/C21H22F4N2O2/c1-20(2,3)14(12-6-7-13(15(22)8-12)21(23,24)25)9-17(28)16-10-18(29)27-19(26-16)11-4-5-11/h6-8,10-11,14H,4-5,9H2,1-3H3,(H,26,27,29)/t14-/m0/s1. The molecule has 1 atom stereocenters. The average molecular weight is 410 g/mol. The van der Waals surface area contributed by atoms with Gasteiger partial charge in [-0.1, -0.05) is 26.8 Å². The van der Waals surface area contributed by atoms with Crippen LogP contribution in [0.1, 0.15) is 79.3 Å². The number of hydrogen-bond acceptors (Lipinski definition) is 3. The lowest BCUT2D eigenvalue weighted by molar-refractivity contribution is -0.140. The lowest BCUT2D eigenvalue weighted by Gasteiger charge is -2.31. The summed E-state index contributed by atoms with van der Waals surface area (Å²) >= 11 is 0. The predicted molar refractivity (Wildman–Crippen MR) is 99.4 cm³/mol. The monoisotopic (exact) mass is 410 g/mol. The van der Waals surface area contributed by atoms with Crippen LogP contribution in [0.15, 0.2) is 29.1 Å². The summed E-state index contributed by atoms with van der Waals surface area (Å²) in [4.78, 5) is 31.6.